The second kappa shape index (κ2) is 6.37. The molecular weight excluding hydrogens is 361 g/mol. The van der Waals surface area contributed by atoms with Gasteiger partial charge in [-0.3, -0.25) is 4.72 Å². The number of fused-ring (bicyclic) bond motifs is 1. The van der Waals surface area contributed by atoms with E-state index >= 15 is 0 Å². The molecule has 0 bridgehead atoms. The van der Waals surface area contributed by atoms with Gasteiger partial charge in [0.2, 0.25) is 0 Å². The Bertz CT molecular complexity index is 968. The topological polar surface area (TPSA) is 104 Å². The Hall–Kier alpha value is -2.45. The van der Waals surface area contributed by atoms with Crippen molar-refractivity contribution >= 4 is 21.7 Å². The zero-order chi connectivity index (χ0) is 19.1. The van der Waals surface area contributed by atoms with Gasteiger partial charge in [-0.25, -0.2) is 17.6 Å². The van der Waals surface area contributed by atoms with E-state index in [0.717, 1.165) is 24.3 Å². The van der Waals surface area contributed by atoms with Crippen LogP contribution in [0.2, 0.25) is 0 Å². The molecule has 0 fully saturated rings. The molecule has 0 aliphatic heterocycles. The summed E-state index contributed by atoms with van der Waals surface area (Å²) in [5, 5.41) is 20.3. The van der Waals surface area contributed by atoms with E-state index in [-0.39, 0.29) is 21.7 Å². The lowest BCUT2D eigenvalue weighted by Gasteiger charge is -2.33. The van der Waals surface area contributed by atoms with Gasteiger partial charge in [0.15, 0.2) is 0 Å². The van der Waals surface area contributed by atoms with Gasteiger partial charge in [-0.05, 0) is 62.1 Å². The number of hydrogen-bond acceptors (Lipinski definition) is 4. The Labute approximate surface area is 150 Å². The molecule has 0 radical (unpaired) electrons. The smallest absolute Gasteiger partial charge is 0.338 e. The summed E-state index contributed by atoms with van der Waals surface area (Å²) < 4.78 is 40.3. The molecule has 0 saturated carbocycles. The third-order valence-electron chi connectivity index (χ3n) is 4.52. The molecule has 0 spiro atoms. The molecule has 8 heteroatoms. The lowest BCUT2D eigenvalue weighted by Crippen LogP contribution is -2.31. The average Bonchev–Trinajstić information content (AvgIpc) is 2.54. The Balaban J connectivity index is 2.11. The molecule has 3 rings (SSSR count). The van der Waals surface area contributed by atoms with E-state index in [1.165, 1.54) is 13.0 Å². The first-order valence-corrected chi connectivity index (χ1v) is 9.50. The number of rotatable bonds is 4. The number of aryl methyl sites for hydroxylation is 1. The van der Waals surface area contributed by atoms with Crippen molar-refractivity contribution in [2.75, 3.05) is 4.72 Å². The quantitative estimate of drug-likeness (QED) is 0.758. The molecule has 2 aromatic carbocycles. The van der Waals surface area contributed by atoms with Gasteiger partial charge < -0.3 is 10.2 Å². The number of anilines is 1. The molecular formula is C18H18FNO5S. The summed E-state index contributed by atoms with van der Waals surface area (Å²) in [7, 11) is -4.11. The molecule has 0 heterocycles. The second-order valence-electron chi connectivity index (χ2n) is 6.51. The zero-order valence-corrected chi connectivity index (χ0v) is 14.8. The maximum Gasteiger partial charge on any atom is 0.338 e. The fraction of sp³-hybridized carbons (Fsp3) is 0.278. The number of carboxylic acid groups (broad SMARTS) is 1. The molecule has 1 atom stereocenters. The summed E-state index contributed by atoms with van der Waals surface area (Å²) in [5.74, 6) is -1.92. The molecule has 6 nitrogen and oxygen atoms in total. The van der Waals surface area contributed by atoms with E-state index < -0.39 is 27.4 Å². The van der Waals surface area contributed by atoms with Gasteiger partial charge in [-0.1, -0.05) is 6.07 Å². The van der Waals surface area contributed by atoms with Crippen LogP contribution in [0.4, 0.5) is 10.1 Å². The van der Waals surface area contributed by atoms with Crippen LogP contribution in [0.5, 0.6) is 0 Å². The Morgan fingerprint density at radius 3 is 2.46 bits per heavy atom. The van der Waals surface area contributed by atoms with Crippen molar-refractivity contribution in [1.29, 1.82) is 0 Å². The first-order chi connectivity index (χ1) is 12.1. The largest absolute Gasteiger partial charge is 0.478 e. The summed E-state index contributed by atoms with van der Waals surface area (Å²) in [6.45, 7) is 1.52. The molecule has 1 aliphatic rings. The molecule has 0 aromatic heterocycles. The van der Waals surface area contributed by atoms with Crippen molar-refractivity contribution in [3.63, 3.8) is 0 Å². The number of hydrogen-bond donors (Lipinski definition) is 3. The Kier molecular flexibility index (Phi) is 4.49. The van der Waals surface area contributed by atoms with E-state index in [9.17, 15) is 27.8 Å². The van der Waals surface area contributed by atoms with E-state index in [1.54, 1.807) is 6.07 Å². The summed E-state index contributed by atoms with van der Waals surface area (Å²) in [6, 6.07) is 7.19. The van der Waals surface area contributed by atoms with Gasteiger partial charge in [0, 0.05) is 5.56 Å². The van der Waals surface area contributed by atoms with E-state index in [4.69, 9.17) is 0 Å². The molecule has 1 aliphatic carbocycles. The fourth-order valence-electron chi connectivity index (χ4n) is 3.34. The van der Waals surface area contributed by atoms with Crippen LogP contribution in [-0.2, 0) is 22.0 Å². The van der Waals surface area contributed by atoms with Crippen LogP contribution >= 0.6 is 0 Å². The number of carbonyl (C=O) groups is 1. The fourth-order valence-corrected chi connectivity index (χ4v) is 4.41. The van der Waals surface area contributed by atoms with Crippen molar-refractivity contribution in [2.24, 2.45) is 0 Å². The van der Waals surface area contributed by atoms with Crippen molar-refractivity contribution in [1.82, 2.24) is 0 Å². The summed E-state index contributed by atoms with van der Waals surface area (Å²) in [5.41, 5.74) is -0.849. The van der Waals surface area contributed by atoms with Gasteiger partial charge in [0.05, 0.1) is 21.7 Å². The predicted octanol–water partition coefficient (Wildman–Crippen LogP) is 2.87. The van der Waals surface area contributed by atoms with Gasteiger partial charge in [-0.15, -0.1) is 0 Å². The van der Waals surface area contributed by atoms with Gasteiger partial charge in [-0.2, -0.15) is 0 Å². The number of benzene rings is 2. The van der Waals surface area contributed by atoms with Crippen LogP contribution in [0.3, 0.4) is 0 Å². The highest BCUT2D eigenvalue weighted by Crippen LogP contribution is 2.40. The Morgan fingerprint density at radius 2 is 1.85 bits per heavy atom. The van der Waals surface area contributed by atoms with Crippen molar-refractivity contribution in [3.05, 3.63) is 58.9 Å². The third kappa shape index (κ3) is 3.30. The average molecular weight is 379 g/mol. The number of carboxylic acids is 1. The lowest BCUT2D eigenvalue weighted by atomic mass is 9.77. The van der Waals surface area contributed by atoms with Crippen LogP contribution in [0, 0.1) is 5.82 Å². The maximum absolute atomic E-state index is 13.0. The first kappa shape index (κ1) is 18.3. The number of sulfonamides is 1. The maximum atomic E-state index is 13.0. The standard InChI is InChI=1S/C18H18FNO5S/c1-18(23)10-2-3-11-4-9-14(15(16(11)18)17(21)22)20-26(24,25)13-7-5-12(19)6-8-13/h4-9,20,23H,2-3,10H2,1H3,(H,21,22). The first-order valence-electron chi connectivity index (χ1n) is 8.02. The van der Waals surface area contributed by atoms with E-state index in [1.807, 2.05) is 0 Å². The number of nitrogens with one attached hydrogen (secondary N) is 1. The predicted molar refractivity (Wildman–Crippen MR) is 93.1 cm³/mol. The highest BCUT2D eigenvalue weighted by molar-refractivity contribution is 7.92. The molecule has 138 valence electrons. The minimum atomic E-state index is -4.11. The monoisotopic (exact) mass is 379 g/mol. The highest BCUT2D eigenvalue weighted by Gasteiger charge is 2.36. The molecule has 1 unspecified atom stereocenters. The van der Waals surface area contributed by atoms with Crippen LogP contribution < -0.4 is 4.72 Å². The van der Waals surface area contributed by atoms with Crippen molar-refractivity contribution in [3.8, 4) is 0 Å². The van der Waals surface area contributed by atoms with Crippen LogP contribution in [0.1, 0.15) is 41.3 Å². The highest BCUT2D eigenvalue weighted by atomic mass is 32.2. The van der Waals surface area contributed by atoms with E-state index in [0.29, 0.717) is 24.8 Å². The number of halogens is 1. The zero-order valence-electron chi connectivity index (χ0n) is 14.0. The van der Waals surface area contributed by atoms with Crippen molar-refractivity contribution < 1.29 is 27.8 Å². The van der Waals surface area contributed by atoms with E-state index in [2.05, 4.69) is 4.72 Å². The normalized spacial score (nSPS) is 19.7. The molecule has 0 saturated heterocycles. The summed E-state index contributed by atoms with van der Waals surface area (Å²) >= 11 is 0. The van der Waals surface area contributed by atoms with Gasteiger partial charge in [0.25, 0.3) is 10.0 Å². The van der Waals surface area contributed by atoms with Crippen LogP contribution in [0.25, 0.3) is 0 Å². The minimum Gasteiger partial charge on any atom is -0.478 e. The van der Waals surface area contributed by atoms with Crippen LogP contribution in [0.15, 0.2) is 41.3 Å². The molecule has 2 aromatic rings. The lowest BCUT2D eigenvalue weighted by molar-refractivity contribution is 0.0356. The number of aromatic carboxylic acids is 1. The second-order valence-corrected chi connectivity index (χ2v) is 8.20. The van der Waals surface area contributed by atoms with Crippen molar-refractivity contribution in [2.45, 2.75) is 36.7 Å². The minimum absolute atomic E-state index is 0.136. The third-order valence-corrected chi connectivity index (χ3v) is 5.90. The SMILES string of the molecule is CC1(O)CCCc2ccc(NS(=O)(=O)c3ccc(F)cc3)c(C(=O)O)c21. The molecule has 26 heavy (non-hydrogen) atoms. The number of aliphatic hydroxyl groups is 1. The van der Waals surface area contributed by atoms with Gasteiger partial charge in [0.1, 0.15) is 5.82 Å². The van der Waals surface area contributed by atoms with Crippen LogP contribution in [-0.4, -0.2) is 24.6 Å². The summed E-state index contributed by atoms with van der Waals surface area (Å²) in [6.07, 6.45) is 1.70. The summed E-state index contributed by atoms with van der Waals surface area (Å²) in [4.78, 5) is 11.7. The Morgan fingerprint density at radius 1 is 1.19 bits per heavy atom. The molecule has 0 amide bonds. The molecule has 3 N–H and O–H groups in total. The van der Waals surface area contributed by atoms with Gasteiger partial charge >= 0.3 is 5.97 Å².